The zero-order chi connectivity index (χ0) is 52.3. The number of aromatic nitrogens is 2. The largest absolute Gasteiger partial charge is 0.497 e. The maximum absolute atomic E-state index is 17.0. The zero-order valence-corrected chi connectivity index (χ0v) is 41.9. The van der Waals surface area contributed by atoms with E-state index in [9.17, 15) is 5.11 Å². The molecule has 5 heterocycles. The third-order valence-electron chi connectivity index (χ3n) is 15.0. The molecule has 15 heteroatoms. The molecule has 0 bridgehead atoms. The number of cyclic esters (lactones) is 1. The lowest BCUT2D eigenvalue weighted by atomic mass is 9.64. The number of nitrogens with one attached hydrogen (secondary N) is 1. The number of anilines is 2. The number of carbonyl (C=O) groups excluding carboxylic acids is 4. The van der Waals surface area contributed by atoms with E-state index in [0.717, 1.165) is 16.0 Å². The summed E-state index contributed by atoms with van der Waals surface area (Å²) in [5, 5.41) is 13.3. The molecule has 1 spiro atoms. The summed E-state index contributed by atoms with van der Waals surface area (Å²) in [7, 11) is 1.59. The van der Waals surface area contributed by atoms with Crippen LogP contribution in [-0.2, 0) is 24.5 Å². The van der Waals surface area contributed by atoms with Crippen molar-refractivity contribution >= 4 is 35.5 Å². The molecule has 0 saturated carbocycles. The molecule has 4 amide bonds. The van der Waals surface area contributed by atoms with E-state index in [1.165, 1.54) is 0 Å². The fraction of sp³-hybridized carbons (Fsp3) is 0.246. The number of para-hydroxylation sites is 1. The number of aliphatic hydroxyl groups excluding tert-OH is 1. The van der Waals surface area contributed by atoms with Crippen molar-refractivity contribution in [1.29, 1.82) is 0 Å². The fourth-order valence-corrected chi connectivity index (χ4v) is 11.6. The molecule has 382 valence electrons. The Kier molecular flexibility index (Phi) is 13.8. The van der Waals surface area contributed by atoms with E-state index in [-0.39, 0.29) is 32.0 Å². The smallest absolute Gasteiger partial charge is 0.329 e. The second-order valence-corrected chi connectivity index (χ2v) is 19.2. The first-order valence-corrected chi connectivity index (χ1v) is 25.4. The van der Waals surface area contributed by atoms with Crippen molar-refractivity contribution in [2.24, 2.45) is 5.92 Å². The predicted octanol–water partition coefficient (Wildman–Crippen LogP) is 7.74. The number of morpholine rings is 1. The number of esters is 1. The van der Waals surface area contributed by atoms with Crippen molar-refractivity contribution in [3.63, 3.8) is 0 Å². The lowest BCUT2D eigenvalue weighted by Gasteiger charge is -2.46. The standard InChI is InChI=1S/C61H55N7O8/c1-40(43-15-6-3-7-16-43)64-60(73)67-49-30-27-42(24-23-41-25-28-46(74-2)29-26-41)39-48(49)61(58(67)72)51(56(70)65-33-35-66(36-34-65)59-62-31-14-32-63-59)53-57(71)76-54(45-19-10-5-11-20-45)52(44-17-8-4-9-18-44)68(53)55(61)47-21-12-13-22-50(47)75-38-37-69/h3-22,25-32,39-40,51-55,69H,33-38H2,1-2H3,(H,64,73)/t40-,51+,52+,53+,54-,55-,61+/m1/s1. The number of amides is 4. The molecular formula is C61H55N7O8. The molecule has 4 aliphatic heterocycles. The van der Waals surface area contributed by atoms with Gasteiger partial charge < -0.3 is 34.4 Å². The highest BCUT2D eigenvalue weighted by atomic mass is 16.6. The summed E-state index contributed by atoms with van der Waals surface area (Å²) in [6.45, 7) is 2.54. The van der Waals surface area contributed by atoms with Crippen molar-refractivity contribution in [1.82, 2.24) is 25.1 Å². The normalized spacial score (nSPS) is 22.2. The number of nitrogens with zero attached hydrogens (tertiary/aromatic N) is 6. The van der Waals surface area contributed by atoms with Crippen molar-refractivity contribution in [2.75, 3.05) is 56.3 Å². The van der Waals surface area contributed by atoms with Crippen LogP contribution in [0.25, 0.3) is 0 Å². The minimum absolute atomic E-state index is 0.101. The number of fused-ring (bicyclic) bond motifs is 3. The van der Waals surface area contributed by atoms with Crippen molar-refractivity contribution in [3.05, 3.63) is 215 Å². The summed E-state index contributed by atoms with van der Waals surface area (Å²) in [6.07, 6.45) is 2.39. The van der Waals surface area contributed by atoms with Gasteiger partial charge in [-0.1, -0.05) is 121 Å². The number of hydrogen-bond donors (Lipinski definition) is 2. The second kappa shape index (κ2) is 21.2. The molecule has 0 unspecified atom stereocenters. The van der Waals surface area contributed by atoms with Crippen LogP contribution >= 0.6 is 0 Å². The zero-order valence-electron chi connectivity index (χ0n) is 41.9. The average Bonchev–Trinajstić information content (AvgIpc) is 4.11. The maximum Gasteiger partial charge on any atom is 0.329 e. The van der Waals surface area contributed by atoms with Crippen molar-refractivity contribution in [2.45, 2.75) is 42.6 Å². The first-order chi connectivity index (χ1) is 37.2. The first kappa shape index (κ1) is 49.4. The molecule has 7 atom stereocenters. The van der Waals surface area contributed by atoms with E-state index in [0.29, 0.717) is 58.4 Å². The number of hydrogen-bond acceptors (Lipinski definition) is 12. The first-order valence-electron chi connectivity index (χ1n) is 25.4. The molecule has 0 radical (unpaired) electrons. The Bertz CT molecular complexity index is 3310. The molecule has 15 nitrogen and oxygen atoms in total. The van der Waals surface area contributed by atoms with Gasteiger partial charge in [0.25, 0.3) is 0 Å². The summed E-state index contributed by atoms with van der Waals surface area (Å²) in [5.74, 6) is 4.65. The predicted molar refractivity (Wildman–Crippen MR) is 284 cm³/mol. The van der Waals surface area contributed by atoms with Gasteiger partial charge in [-0.25, -0.2) is 19.7 Å². The van der Waals surface area contributed by atoms with Gasteiger partial charge >= 0.3 is 12.0 Å². The number of piperazine rings is 1. The van der Waals surface area contributed by atoms with Gasteiger partial charge in [0, 0.05) is 55.3 Å². The number of ether oxygens (including phenoxy) is 3. The van der Waals surface area contributed by atoms with E-state index in [1.54, 1.807) is 60.8 Å². The molecular weight excluding hydrogens is 959 g/mol. The summed E-state index contributed by atoms with van der Waals surface area (Å²) in [4.78, 5) is 80.5. The molecule has 2 N–H and O–H groups in total. The summed E-state index contributed by atoms with van der Waals surface area (Å²) >= 11 is 0. The van der Waals surface area contributed by atoms with Gasteiger partial charge in [0.1, 0.15) is 35.7 Å². The number of urea groups is 1. The summed E-state index contributed by atoms with van der Waals surface area (Å²) in [5.41, 5.74) is 2.37. The number of imide groups is 1. The molecule has 3 saturated heterocycles. The third kappa shape index (κ3) is 8.84. The van der Waals surface area contributed by atoms with Gasteiger partial charge in [-0.05, 0) is 83.8 Å². The molecule has 6 aromatic carbocycles. The summed E-state index contributed by atoms with van der Waals surface area (Å²) < 4.78 is 18.5. The fourth-order valence-electron chi connectivity index (χ4n) is 11.6. The van der Waals surface area contributed by atoms with Crippen LogP contribution in [0.4, 0.5) is 16.4 Å². The molecule has 4 aliphatic rings. The van der Waals surface area contributed by atoms with Crippen LogP contribution in [0.1, 0.15) is 70.1 Å². The average molecular weight is 1010 g/mol. The number of carbonyl (C=O) groups is 4. The Morgan fingerprint density at radius 3 is 2.08 bits per heavy atom. The van der Waals surface area contributed by atoms with Crippen LogP contribution in [0, 0.1) is 17.8 Å². The lowest BCUT2D eigenvalue weighted by molar-refractivity contribution is -0.179. The van der Waals surface area contributed by atoms with E-state index in [2.05, 4.69) is 27.1 Å². The van der Waals surface area contributed by atoms with E-state index in [4.69, 9.17) is 14.2 Å². The lowest BCUT2D eigenvalue weighted by Crippen LogP contribution is -2.59. The monoisotopic (exact) mass is 1010 g/mol. The number of aliphatic hydroxyl groups is 1. The highest BCUT2D eigenvalue weighted by molar-refractivity contribution is 6.25. The van der Waals surface area contributed by atoms with Crippen LogP contribution in [0.3, 0.4) is 0 Å². The Morgan fingerprint density at radius 1 is 0.763 bits per heavy atom. The van der Waals surface area contributed by atoms with E-state index in [1.807, 2.05) is 144 Å². The van der Waals surface area contributed by atoms with Gasteiger partial charge in [0.05, 0.1) is 43.4 Å². The number of methoxy groups -OCH3 is 1. The Labute approximate surface area is 440 Å². The third-order valence-corrected chi connectivity index (χ3v) is 15.0. The molecule has 11 rings (SSSR count). The van der Waals surface area contributed by atoms with Gasteiger partial charge in [0.2, 0.25) is 17.8 Å². The Morgan fingerprint density at radius 2 is 1.39 bits per heavy atom. The second-order valence-electron chi connectivity index (χ2n) is 19.2. The SMILES string of the molecule is COc1ccc(C#Cc2ccc3c(c2)[C@]2(C(=O)N3C(=O)N[C@H](C)c3ccccc3)[C@H](C(=O)N3CCN(c4ncccn4)CC3)[C@H]3C(=O)O[C@H](c4ccccc4)[C@H](c4ccccc4)N3[C@@H]2c2ccccc2OCCO)cc1. The quantitative estimate of drug-likeness (QED) is 0.0958. The van der Waals surface area contributed by atoms with Gasteiger partial charge in [-0.2, -0.15) is 0 Å². The molecule has 76 heavy (non-hydrogen) atoms. The van der Waals surface area contributed by atoms with Crippen LogP contribution in [-0.4, -0.2) is 101 Å². The van der Waals surface area contributed by atoms with Crippen LogP contribution in [0.5, 0.6) is 11.5 Å². The number of benzene rings is 6. The minimum Gasteiger partial charge on any atom is -0.497 e. The van der Waals surface area contributed by atoms with Crippen LogP contribution < -0.4 is 24.6 Å². The maximum atomic E-state index is 17.0. The molecule has 0 aliphatic carbocycles. The Hall–Kier alpha value is -8.84. The van der Waals surface area contributed by atoms with Crippen molar-refractivity contribution < 1.29 is 38.5 Å². The summed E-state index contributed by atoms with van der Waals surface area (Å²) in [6, 6.07) is 45.3. The Balaban J connectivity index is 1.18. The van der Waals surface area contributed by atoms with E-state index >= 15 is 19.2 Å². The molecule has 7 aromatic rings. The van der Waals surface area contributed by atoms with Gasteiger partial charge in [-0.15, -0.1) is 0 Å². The van der Waals surface area contributed by atoms with Crippen molar-refractivity contribution in [3.8, 4) is 23.3 Å². The highest BCUT2D eigenvalue weighted by Crippen LogP contribution is 2.67. The highest BCUT2D eigenvalue weighted by Gasteiger charge is 2.76. The molecule has 3 fully saturated rings. The van der Waals surface area contributed by atoms with Crippen LogP contribution in [0.15, 0.2) is 176 Å². The molecule has 1 aromatic heterocycles. The van der Waals surface area contributed by atoms with E-state index < -0.39 is 65.4 Å². The van der Waals surface area contributed by atoms with Gasteiger partial charge in [0.15, 0.2) is 0 Å². The minimum atomic E-state index is -2.07. The number of rotatable bonds is 11. The van der Waals surface area contributed by atoms with Gasteiger partial charge in [-0.3, -0.25) is 19.3 Å². The van der Waals surface area contributed by atoms with Crippen LogP contribution in [0.2, 0.25) is 0 Å². The topological polar surface area (TPSA) is 167 Å².